The first kappa shape index (κ1) is 23.4. The van der Waals surface area contributed by atoms with E-state index in [0.717, 1.165) is 53.5 Å². The zero-order valence-corrected chi connectivity index (χ0v) is 21.0. The number of nitrogens with zero attached hydrogens (tertiary/aromatic N) is 2. The average Bonchev–Trinajstić information content (AvgIpc) is 3.49. The minimum absolute atomic E-state index is 0.106. The predicted octanol–water partition coefficient (Wildman–Crippen LogP) is 6.78. The molecule has 7 heteroatoms. The summed E-state index contributed by atoms with van der Waals surface area (Å²) in [5.74, 6) is 1.64. The second-order valence-electron chi connectivity index (χ2n) is 8.63. The van der Waals surface area contributed by atoms with Gasteiger partial charge in [0.25, 0.3) is 0 Å². The fourth-order valence-electron chi connectivity index (χ4n) is 4.51. The maximum Gasteiger partial charge on any atom is 0.170 e. The molecule has 2 N–H and O–H groups in total. The molecular formula is C28H27ClN4OS. The summed E-state index contributed by atoms with van der Waals surface area (Å²) in [6, 6.07) is 25.9. The fourth-order valence-corrected chi connectivity index (χ4v) is 5.01. The van der Waals surface area contributed by atoms with Crippen LogP contribution in [0, 0.1) is 6.92 Å². The van der Waals surface area contributed by atoms with Crippen molar-refractivity contribution in [1.29, 1.82) is 0 Å². The Morgan fingerprint density at radius 2 is 1.89 bits per heavy atom. The van der Waals surface area contributed by atoms with Gasteiger partial charge in [0.15, 0.2) is 5.11 Å². The molecule has 0 unspecified atom stereocenters. The summed E-state index contributed by atoms with van der Waals surface area (Å²) in [6.07, 6.45) is 2.73. The first-order valence-electron chi connectivity index (χ1n) is 11.7. The summed E-state index contributed by atoms with van der Waals surface area (Å²) in [5.41, 5.74) is 4.15. The molecule has 0 saturated carbocycles. The van der Waals surface area contributed by atoms with Gasteiger partial charge < -0.3 is 20.0 Å². The minimum atomic E-state index is -0.109. The zero-order valence-electron chi connectivity index (χ0n) is 19.4. The van der Waals surface area contributed by atoms with Crippen molar-refractivity contribution in [3.05, 3.63) is 107 Å². The number of nitrogens with one attached hydrogen (secondary N) is 2. The standard InChI is InChI=1S/C28H27ClN4OS/c1-19-11-12-20(29)18-22(19)24-13-14-25(34-24)27-26(23-10-5-6-15-31-23)32-28(35)33(27)17-7-16-30-21-8-3-2-4-9-21/h2-6,8-15,18,26-27,30H,7,16-17H2,1H3,(H,32,35)/t26-,27-/m0/s1. The van der Waals surface area contributed by atoms with E-state index in [-0.39, 0.29) is 12.1 Å². The molecule has 5 nitrogen and oxygen atoms in total. The van der Waals surface area contributed by atoms with Crippen molar-refractivity contribution in [1.82, 2.24) is 15.2 Å². The molecule has 1 aliphatic heterocycles. The van der Waals surface area contributed by atoms with E-state index in [0.29, 0.717) is 10.1 Å². The number of benzene rings is 2. The number of aromatic nitrogens is 1. The Bertz CT molecular complexity index is 1290. The lowest BCUT2D eigenvalue weighted by Crippen LogP contribution is -2.31. The third kappa shape index (κ3) is 5.19. The summed E-state index contributed by atoms with van der Waals surface area (Å²) in [4.78, 5) is 6.83. The second kappa shape index (κ2) is 10.5. The maximum absolute atomic E-state index is 6.45. The molecule has 1 fully saturated rings. The van der Waals surface area contributed by atoms with Crippen LogP contribution in [0.25, 0.3) is 11.3 Å². The number of rotatable bonds is 8. The number of thiocarbonyl (C=S) groups is 1. The lowest BCUT2D eigenvalue weighted by Gasteiger charge is -2.26. The first-order valence-corrected chi connectivity index (χ1v) is 12.5. The maximum atomic E-state index is 6.45. The van der Waals surface area contributed by atoms with Crippen LogP contribution in [-0.2, 0) is 0 Å². The van der Waals surface area contributed by atoms with Gasteiger partial charge in [0.05, 0.1) is 11.7 Å². The summed E-state index contributed by atoms with van der Waals surface area (Å²) >= 11 is 12.1. The molecule has 4 aromatic rings. The average molecular weight is 503 g/mol. The number of para-hydroxylation sites is 1. The number of aryl methyl sites for hydroxylation is 1. The molecule has 2 aromatic carbocycles. The molecule has 178 valence electrons. The van der Waals surface area contributed by atoms with E-state index in [4.69, 9.17) is 28.2 Å². The monoisotopic (exact) mass is 502 g/mol. The van der Waals surface area contributed by atoms with E-state index in [1.807, 2.05) is 72.9 Å². The van der Waals surface area contributed by atoms with E-state index in [2.05, 4.69) is 39.6 Å². The number of furan rings is 1. The predicted molar refractivity (Wildman–Crippen MR) is 146 cm³/mol. The Morgan fingerprint density at radius 3 is 2.69 bits per heavy atom. The Balaban J connectivity index is 1.40. The molecule has 35 heavy (non-hydrogen) atoms. The SMILES string of the molecule is Cc1ccc(Cl)cc1-c1ccc([C@H]2[C@H](c3ccccn3)NC(=S)N2CCCNc2ccccc2)o1. The molecule has 0 aliphatic carbocycles. The van der Waals surface area contributed by atoms with Gasteiger partial charge in [-0.15, -0.1) is 0 Å². The molecule has 0 radical (unpaired) electrons. The Labute approximate surface area is 216 Å². The highest BCUT2D eigenvalue weighted by molar-refractivity contribution is 7.80. The summed E-state index contributed by atoms with van der Waals surface area (Å²) in [5, 5.41) is 8.37. The van der Waals surface area contributed by atoms with E-state index in [1.165, 1.54) is 0 Å². The third-order valence-corrected chi connectivity index (χ3v) is 6.85. The quantitative estimate of drug-likeness (QED) is 0.204. The third-order valence-electron chi connectivity index (χ3n) is 6.26. The van der Waals surface area contributed by atoms with Crippen LogP contribution in [0.2, 0.25) is 5.02 Å². The van der Waals surface area contributed by atoms with Crippen LogP contribution in [0.4, 0.5) is 5.69 Å². The Hall–Kier alpha value is -3.35. The van der Waals surface area contributed by atoms with Crippen molar-refractivity contribution in [2.45, 2.75) is 25.4 Å². The van der Waals surface area contributed by atoms with Crippen LogP contribution >= 0.6 is 23.8 Å². The van der Waals surface area contributed by atoms with Gasteiger partial charge in [-0.05, 0) is 79.7 Å². The van der Waals surface area contributed by atoms with E-state index < -0.39 is 0 Å². The molecule has 0 spiro atoms. The highest BCUT2D eigenvalue weighted by Gasteiger charge is 2.41. The van der Waals surface area contributed by atoms with Crippen LogP contribution in [0.3, 0.4) is 0 Å². The van der Waals surface area contributed by atoms with Crippen LogP contribution in [0.15, 0.2) is 89.5 Å². The van der Waals surface area contributed by atoms with Gasteiger partial charge >= 0.3 is 0 Å². The molecular weight excluding hydrogens is 476 g/mol. The van der Waals surface area contributed by atoms with Gasteiger partial charge in [0.2, 0.25) is 0 Å². The van der Waals surface area contributed by atoms with Crippen LogP contribution in [-0.4, -0.2) is 28.1 Å². The molecule has 2 aromatic heterocycles. The molecule has 0 bridgehead atoms. The minimum Gasteiger partial charge on any atom is -0.459 e. The number of pyridine rings is 1. The number of halogens is 1. The summed E-state index contributed by atoms with van der Waals surface area (Å²) in [6.45, 7) is 3.68. The summed E-state index contributed by atoms with van der Waals surface area (Å²) < 4.78 is 6.45. The largest absolute Gasteiger partial charge is 0.459 e. The number of hydrogen-bond acceptors (Lipinski definition) is 4. The van der Waals surface area contributed by atoms with Crippen LogP contribution in [0.1, 0.15) is 35.5 Å². The molecule has 1 aliphatic rings. The van der Waals surface area contributed by atoms with Gasteiger partial charge in [0, 0.05) is 35.6 Å². The van der Waals surface area contributed by atoms with Crippen LogP contribution in [0.5, 0.6) is 0 Å². The highest BCUT2D eigenvalue weighted by atomic mass is 35.5. The normalized spacial score (nSPS) is 17.4. The van der Waals surface area contributed by atoms with Crippen molar-refractivity contribution in [2.24, 2.45) is 0 Å². The van der Waals surface area contributed by atoms with Gasteiger partial charge in [-0.25, -0.2) is 0 Å². The van der Waals surface area contributed by atoms with Gasteiger partial charge in [-0.1, -0.05) is 41.9 Å². The summed E-state index contributed by atoms with van der Waals surface area (Å²) in [7, 11) is 0. The lowest BCUT2D eigenvalue weighted by atomic mass is 10.0. The topological polar surface area (TPSA) is 53.3 Å². The van der Waals surface area contributed by atoms with Crippen molar-refractivity contribution in [3.8, 4) is 11.3 Å². The zero-order chi connectivity index (χ0) is 24.2. The number of anilines is 1. The van der Waals surface area contributed by atoms with Gasteiger partial charge in [-0.2, -0.15) is 0 Å². The van der Waals surface area contributed by atoms with Crippen molar-refractivity contribution in [2.75, 3.05) is 18.4 Å². The smallest absolute Gasteiger partial charge is 0.170 e. The molecule has 1 saturated heterocycles. The van der Waals surface area contributed by atoms with Crippen molar-refractivity contribution >= 4 is 34.6 Å². The first-order chi connectivity index (χ1) is 17.1. The second-order valence-corrected chi connectivity index (χ2v) is 9.45. The molecule has 5 rings (SSSR count). The van der Waals surface area contributed by atoms with Crippen molar-refractivity contribution < 1.29 is 4.42 Å². The lowest BCUT2D eigenvalue weighted by molar-refractivity contribution is 0.274. The Morgan fingerprint density at radius 1 is 1.06 bits per heavy atom. The molecule has 0 amide bonds. The van der Waals surface area contributed by atoms with E-state index >= 15 is 0 Å². The van der Waals surface area contributed by atoms with Gasteiger partial charge in [0.1, 0.15) is 17.6 Å². The van der Waals surface area contributed by atoms with E-state index in [1.54, 1.807) is 0 Å². The van der Waals surface area contributed by atoms with Gasteiger partial charge in [-0.3, -0.25) is 4.98 Å². The highest BCUT2D eigenvalue weighted by Crippen LogP contribution is 2.41. The number of hydrogen-bond donors (Lipinski definition) is 2. The van der Waals surface area contributed by atoms with E-state index in [9.17, 15) is 0 Å². The fraction of sp³-hybridized carbons (Fsp3) is 0.214. The molecule has 3 heterocycles. The molecule has 2 atom stereocenters. The van der Waals surface area contributed by atoms with Crippen molar-refractivity contribution in [3.63, 3.8) is 0 Å². The van der Waals surface area contributed by atoms with Crippen LogP contribution < -0.4 is 10.6 Å². The Kier molecular flexibility index (Phi) is 7.02.